The number of hydrogen-bond acceptors (Lipinski definition) is 2. The number of benzene rings is 2. The molecule has 1 N–H and O–H groups in total. The highest BCUT2D eigenvalue weighted by atomic mass is 19.4. The van der Waals surface area contributed by atoms with Gasteiger partial charge in [-0.1, -0.05) is 30.3 Å². The quantitative estimate of drug-likeness (QED) is 0.873. The molecular weight excluding hydrogens is 285 g/mol. The van der Waals surface area contributed by atoms with Crippen LogP contribution in [0.25, 0.3) is 16.8 Å². The first-order chi connectivity index (χ1) is 9.88. The molecule has 0 aromatic heterocycles. The number of ether oxygens (including phenoxy) is 1. The van der Waals surface area contributed by atoms with Crippen LogP contribution in [-0.2, 0) is 4.79 Å². The number of alkyl halides is 3. The van der Waals surface area contributed by atoms with Gasteiger partial charge in [0.15, 0.2) is 0 Å². The second-order valence-electron chi connectivity index (χ2n) is 4.64. The number of carboxylic acids is 1. The summed E-state index contributed by atoms with van der Waals surface area (Å²) in [7, 11) is 0. The first-order valence-corrected chi connectivity index (χ1v) is 6.08. The molecule has 0 aliphatic carbocycles. The average molecular weight is 294 g/mol. The Bertz CT molecular complexity index is 762. The number of carbonyl (C=O) groups is 1. The molecule has 21 heavy (non-hydrogen) atoms. The number of rotatable bonds is 1. The van der Waals surface area contributed by atoms with Gasteiger partial charge >= 0.3 is 12.1 Å². The maximum atomic E-state index is 12.9. The van der Waals surface area contributed by atoms with Crippen LogP contribution in [0.15, 0.2) is 42.0 Å². The zero-order chi connectivity index (χ0) is 15.2. The second kappa shape index (κ2) is 4.51. The minimum atomic E-state index is -4.78. The van der Waals surface area contributed by atoms with E-state index in [0.29, 0.717) is 10.9 Å². The van der Waals surface area contributed by atoms with E-state index in [1.165, 1.54) is 6.07 Å². The van der Waals surface area contributed by atoms with E-state index in [-0.39, 0.29) is 5.75 Å². The molecule has 0 bridgehead atoms. The molecule has 1 aliphatic rings. The first-order valence-electron chi connectivity index (χ1n) is 6.08. The third-order valence-corrected chi connectivity index (χ3v) is 3.30. The molecule has 1 heterocycles. The fraction of sp³-hybridized carbons (Fsp3) is 0.133. The van der Waals surface area contributed by atoms with E-state index in [2.05, 4.69) is 0 Å². The highest BCUT2D eigenvalue weighted by molar-refractivity contribution is 6.01. The highest BCUT2D eigenvalue weighted by Gasteiger charge is 2.48. The van der Waals surface area contributed by atoms with Crippen molar-refractivity contribution in [2.24, 2.45) is 0 Å². The summed E-state index contributed by atoms with van der Waals surface area (Å²) < 4.78 is 43.7. The molecule has 1 unspecified atom stereocenters. The molecular formula is C15H9F3O3. The Balaban J connectivity index is 2.25. The Kier molecular flexibility index (Phi) is 2.90. The average Bonchev–Trinajstić information content (AvgIpc) is 2.44. The summed E-state index contributed by atoms with van der Waals surface area (Å²) in [5.41, 5.74) is -0.461. The van der Waals surface area contributed by atoms with Crippen molar-refractivity contribution in [1.29, 1.82) is 0 Å². The van der Waals surface area contributed by atoms with Crippen molar-refractivity contribution in [1.82, 2.24) is 0 Å². The SMILES string of the molecule is O=C(O)C1=Cc2c(ccc3ccccc23)OC1C(F)(F)F. The van der Waals surface area contributed by atoms with Crippen molar-refractivity contribution in [3.8, 4) is 5.75 Å². The summed E-state index contributed by atoms with van der Waals surface area (Å²) in [5.74, 6) is -1.61. The van der Waals surface area contributed by atoms with E-state index >= 15 is 0 Å². The predicted octanol–water partition coefficient (Wildman–Crippen LogP) is 3.63. The summed E-state index contributed by atoms with van der Waals surface area (Å²) in [6, 6.07) is 10.1. The van der Waals surface area contributed by atoms with Crippen LogP contribution in [0, 0.1) is 0 Å². The lowest BCUT2D eigenvalue weighted by Crippen LogP contribution is -2.40. The summed E-state index contributed by atoms with van der Waals surface area (Å²) in [5, 5.41) is 10.5. The van der Waals surface area contributed by atoms with Gasteiger partial charge in [0.25, 0.3) is 0 Å². The molecule has 0 spiro atoms. The summed E-state index contributed by atoms with van der Waals surface area (Å²) >= 11 is 0. The molecule has 0 saturated heterocycles. The van der Waals surface area contributed by atoms with Gasteiger partial charge in [0, 0.05) is 5.56 Å². The van der Waals surface area contributed by atoms with Gasteiger partial charge in [-0.15, -0.1) is 0 Å². The lowest BCUT2D eigenvalue weighted by atomic mass is 9.96. The van der Waals surface area contributed by atoms with E-state index < -0.39 is 23.8 Å². The third-order valence-electron chi connectivity index (χ3n) is 3.30. The van der Waals surface area contributed by atoms with Gasteiger partial charge in [0.2, 0.25) is 6.10 Å². The van der Waals surface area contributed by atoms with Crippen molar-refractivity contribution in [3.05, 3.63) is 47.5 Å². The third kappa shape index (κ3) is 2.22. The minimum absolute atomic E-state index is 0.0287. The van der Waals surface area contributed by atoms with Crippen LogP contribution in [0.2, 0.25) is 0 Å². The molecule has 2 aromatic carbocycles. The lowest BCUT2D eigenvalue weighted by Gasteiger charge is -2.27. The maximum Gasteiger partial charge on any atom is 0.430 e. The number of aliphatic carboxylic acids is 1. The van der Waals surface area contributed by atoms with Crippen LogP contribution in [0.1, 0.15) is 5.56 Å². The monoisotopic (exact) mass is 294 g/mol. The van der Waals surface area contributed by atoms with Crippen molar-refractivity contribution < 1.29 is 27.8 Å². The lowest BCUT2D eigenvalue weighted by molar-refractivity contribution is -0.187. The number of halogens is 3. The summed E-state index contributed by atoms with van der Waals surface area (Å²) in [4.78, 5) is 11.1. The number of hydrogen-bond donors (Lipinski definition) is 1. The van der Waals surface area contributed by atoms with Crippen LogP contribution in [-0.4, -0.2) is 23.4 Å². The van der Waals surface area contributed by atoms with Crippen molar-refractivity contribution in [3.63, 3.8) is 0 Å². The molecule has 3 rings (SSSR count). The molecule has 108 valence electrons. The van der Waals surface area contributed by atoms with E-state index in [1.807, 2.05) is 0 Å². The van der Waals surface area contributed by atoms with E-state index in [9.17, 15) is 18.0 Å². The van der Waals surface area contributed by atoms with Crippen molar-refractivity contribution in [2.75, 3.05) is 0 Å². The van der Waals surface area contributed by atoms with Crippen LogP contribution in [0.4, 0.5) is 13.2 Å². The molecule has 0 fully saturated rings. The Morgan fingerprint density at radius 1 is 1.14 bits per heavy atom. The molecule has 0 amide bonds. The Hall–Kier alpha value is -2.50. The van der Waals surface area contributed by atoms with Crippen molar-refractivity contribution in [2.45, 2.75) is 12.3 Å². The molecule has 2 aromatic rings. The zero-order valence-corrected chi connectivity index (χ0v) is 10.5. The summed E-state index contributed by atoms with van der Waals surface area (Å²) in [6.07, 6.45) is -6.20. The van der Waals surface area contributed by atoms with Gasteiger partial charge in [-0.05, 0) is 22.9 Å². The predicted molar refractivity (Wildman–Crippen MR) is 70.0 cm³/mol. The molecule has 6 heteroatoms. The standard InChI is InChI=1S/C15H9F3O3/c16-15(17,18)13-11(14(19)20)7-10-9-4-2-1-3-8(9)5-6-12(10)21-13/h1-7,13H,(H,19,20). The van der Waals surface area contributed by atoms with Gasteiger partial charge in [-0.3, -0.25) is 0 Å². The fourth-order valence-corrected chi connectivity index (χ4v) is 2.37. The van der Waals surface area contributed by atoms with Gasteiger partial charge in [-0.2, -0.15) is 13.2 Å². The van der Waals surface area contributed by atoms with Gasteiger partial charge < -0.3 is 9.84 Å². The van der Waals surface area contributed by atoms with Crippen LogP contribution in [0.5, 0.6) is 5.75 Å². The first kappa shape index (κ1) is 13.5. The number of carboxylic acid groups (broad SMARTS) is 1. The Morgan fingerprint density at radius 2 is 1.86 bits per heavy atom. The minimum Gasteiger partial charge on any atom is -0.478 e. The van der Waals surface area contributed by atoms with Crippen molar-refractivity contribution >= 4 is 22.8 Å². The molecule has 0 radical (unpaired) electrons. The second-order valence-corrected chi connectivity index (χ2v) is 4.64. The van der Waals surface area contributed by atoms with Crippen LogP contribution < -0.4 is 4.74 Å². The van der Waals surface area contributed by atoms with E-state index in [4.69, 9.17) is 9.84 Å². The Morgan fingerprint density at radius 3 is 2.52 bits per heavy atom. The van der Waals surface area contributed by atoms with Crippen LogP contribution in [0.3, 0.4) is 0 Å². The largest absolute Gasteiger partial charge is 0.478 e. The van der Waals surface area contributed by atoms with E-state index in [1.54, 1.807) is 30.3 Å². The van der Waals surface area contributed by atoms with Gasteiger partial charge in [-0.25, -0.2) is 4.79 Å². The highest BCUT2D eigenvalue weighted by Crippen LogP contribution is 2.40. The number of fused-ring (bicyclic) bond motifs is 3. The van der Waals surface area contributed by atoms with Gasteiger partial charge in [0.1, 0.15) is 5.75 Å². The molecule has 0 saturated carbocycles. The summed E-state index contributed by atoms with van der Waals surface area (Å²) in [6.45, 7) is 0. The zero-order valence-electron chi connectivity index (χ0n) is 10.5. The fourth-order valence-electron chi connectivity index (χ4n) is 2.37. The topological polar surface area (TPSA) is 46.5 Å². The normalized spacial score (nSPS) is 17.9. The van der Waals surface area contributed by atoms with Crippen LogP contribution >= 0.6 is 0 Å². The van der Waals surface area contributed by atoms with Gasteiger partial charge in [0.05, 0.1) is 5.57 Å². The Labute approximate surface area is 117 Å². The molecule has 1 aliphatic heterocycles. The molecule has 1 atom stereocenters. The molecule has 3 nitrogen and oxygen atoms in total. The smallest absolute Gasteiger partial charge is 0.430 e. The van der Waals surface area contributed by atoms with E-state index in [0.717, 1.165) is 11.5 Å². The maximum absolute atomic E-state index is 12.9.